The minimum absolute atomic E-state index is 0.104. The molecule has 3 rings (SSSR count). The lowest BCUT2D eigenvalue weighted by Crippen LogP contribution is -2.28. The molecule has 0 radical (unpaired) electrons. The van der Waals surface area contributed by atoms with E-state index in [-0.39, 0.29) is 17.3 Å². The highest BCUT2D eigenvalue weighted by Crippen LogP contribution is 2.80. The molecule has 6 heteroatoms. The second kappa shape index (κ2) is 5.48. The molecule has 25 heavy (non-hydrogen) atoms. The van der Waals surface area contributed by atoms with Crippen LogP contribution in [-0.2, 0) is 0 Å². The number of hydrogen-bond donors (Lipinski definition) is 1. The van der Waals surface area contributed by atoms with Gasteiger partial charge in [-0.3, -0.25) is 4.99 Å². The maximum atomic E-state index is 10.0. The number of amidine groups is 1. The van der Waals surface area contributed by atoms with E-state index in [4.69, 9.17) is 0 Å². The van der Waals surface area contributed by atoms with E-state index in [2.05, 4.69) is 22.4 Å². The zero-order valence-electron chi connectivity index (χ0n) is 13.8. The molecule has 2 aliphatic rings. The van der Waals surface area contributed by atoms with Gasteiger partial charge in [-0.05, 0) is 19.4 Å². The molecule has 1 aliphatic heterocycles. The predicted octanol–water partition coefficient (Wildman–Crippen LogP) is 2.52. The summed E-state index contributed by atoms with van der Waals surface area (Å²) in [5, 5.41) is 41.6. The molecule has 1 aromatic carbocycles. The van der Waals surface area contributed by atoms with Gasteiger partial charge in [-0.2, -0.15) is 21.0 Å². The average molecular weight is 326 g/mol. The summed E-state index contributed by atoms with van der Waals surface area (Å²) in [6.45, 7) is 3.73. The molecule has 0 amide bonds. The lowest BCUT2D eigenvalue weighted by molar-refractivity contribution is 0.711. The normalized spacial score (nSPS) is 30.4. The SMILES string of the molecule is CC(C)N=C1NC(=C(C#N)C#N)C2(C#N)C(c3ccccc3)C12C#N. The molecular formula is C19H14N6. The van der Waals surface area contributed by atoms with Crippen molar-refractivity contribution >= 4 is 5.84 Å². The van der Waals surface area contributed by atoms with E-state index >= 15 is 0 Å². The van der Waals surface area contributed by atoms with E-state index in [0.29, 0.717) is 5.84 Å². The first kappa shape index (κ1) is 16.3. The van der Waals surface area contributed by atoms with Crippen molar-refractivity contribution in [1.29, 1.82) is 21.0 Å². The van der Waals surface area contributed by atoms with E-state index in [1.165, 1.54) is 0 Å². The molecule has 6 nitrogen and oxygen atoms in total. The Morgan fingerprint density at radius 1 is 1.04 bits per heavy atom. The average Bonchev–Trinajstić information content (AvgIpc) is 3.16. The molecule has 3 atom stereocenters. The predicted molar refractivity (Wildman–Crippen MR) is 89.2 cm³/mol. The van der Waals surface area contributed by atoms with Crippen LogP contribution in [0.15, 0.2) is 46.6 Å². The van der Waals surface area contributed by atoms with Crippen LogP contribution < -0.4 is 5.32 Å². The van der Waals surface area contributed by atoms with Gasteiger partial charge in [0.1, 0.15) is 28.8 Å². The minimum Gasteiger partial charge on any atom is -0.343 e. The maximum absolute atomic E-state index is 10.0. The van der Waals surface area contributed by atoms with Crippen LogP contribution in [0.4, 0.5) is 0 Å². The van der Waals surface area contributed by atoms with E-state index in [9.17, 15) is 21.0 Å². The van der Waals surface area contributed by atoms with Gasteiger partial charge in [0.15, 0.2) is 5.57 Å². The summed E-state index contributed by atoms with van der Waals surface area (Å²) in [7, 11) is 0. The Morgan fingerprint density at radius 3 is 2.12 bits per heavy atom. The van der Waals surface area contributed by atoms with Crippen LogP contribution >= 0.6 is 0 Å². The van der Waals surface area contributed by atoms with E-state index in [1.54, 1.807) is 0 Å². The van der Waals surface area contributed by atoms with Gasteiger partial charge in [0.2, 0.25) is 0 Å². The molecular weight excluding hydrogens is 312 g/mol. The number of nitrogens with zero attached hydrogens (tertiary/aromatic N) is 5. The van der Waals surface area contributed by atoms with Crippen LogP contribution in [-0.4, -0.2) is 11.9 Å². The number of nitrogens with one attached hydrogen (secondary N) is 1. The highest BCUT2D eigenvalue weighted by Gasteiger charge is 2.87. The van der Waals surface area contributed by atoms with Crippen molar-refractivity contribution in [1.82, 2.24) is 5.32 Å². The van der Waals surface area contributed by atoms with Gasteiger partial charge < -0.3 is 5.32 Å². The highest BCUT2D eigenvalue weighted by atomic mass is 15.2. The Balaban J connectivity index is 2.34. The number of rotatable bonds is 2. The second-order valence-corrected chi connectivity index (χ2v) is 6.35. The Kier molecular flexibility index (Phi) is 3.57. The first-order chi connectivity index (χ1) is 12.0. The summed E-state index contributed by atoms with van der Waals surface area (Å²) in [6, 6.07) is 17.3. The number of fused-ring (bicyclic) bond motifs is 1. The molecule has 1 saturated heterocycles. The lowest BCUT2D eigenvalue weighted by Gasteiger charge is -2.15. The van der Waals surface area contributed by atoms with Crippen molar-refractivity contribution in [3.05, 3.63) is 47.2 Å². The molecule has 1 aromatic rings. The van der Waals surface area contributed by atoms with Gasteiger partial charge in [-0.15, -0.1) is 0 Å². The first-order valence-electron chi connectivity index (χ1n) is 7.81. The van der Waals surface area contributed by atoms with Gasteiger partial charge in [-0.25, -0.2) is 0 Å². The number of hydrogen-bond acceptors (Lipinski definition) is 5. The maximum Gasteiger partial charge on any atom is 0.150 e. The fourth-order valence-corrected chi connectivity index (χ4v) is 3.80. The molecule has 1 N–H and O–H groups in total. The summed E-state index contributed by atoms with van der Waals surface area (Å²) < 4.78 is 0. The van der Waals surface area contributed by atoms with E-state index in [0.717, 1.165) is 5.56 Å². The van der Waals surface area contributed by atoms with E-state index in [1.807, 2.05) is 56.3 Å². The summed E-state index contributed by atoms with van der Waals surface area (Å²) in [5.41, 5.74) is -1.68. The number of nitriles is 4. The molecule has 1 heterocycles. The quantitative estimate of drug-likeness (QED) is 0.837. The number of piperidine rings is 1. The smallest absolute Gasteiger partial charge is 0.150 e. The molecule has 1 saturated carbocycles. The van der Waals surface area contributed by atoms with Crippen molar-refractivity contribution < 1.29 is 0 Å². The van der Waals surface area contributed by atoms with Crippen LogP contribution in [0, 0.1) is 56.2 Å². The number of allylic oxidation sites excluding steroid dienone is 2. The Labute approximate surface area is 145 Å². The van der Waals surface area contributed by atoms with Crippen LogP contribution in [0.3, 0.4) is 0 Å². The monoisotopic (exact) mass is 326 g/mol. The van der Waals surface area contributed by atoms with Crippen LogP contribution in [0.25, 0.3) is 0 Å². The van der Waals surface area contributed by atoms with Crippen molar-refractivity contribution in [3.8, 4) is 24.3 Å². The second-order valence-electron chi connectivity index (χ2n) is 6.35. The van der Waals surface area contributed by atoms with E-state index < -0.39 is 16.7 Å². The van der Waals surface area contributed by atoms with Crippen molar-refractivity contribution in [2.75, 3.05) is 0 Å². The third kappa shape index (κ3) is 1.83. The highest BCUT2D eigenvalue weighted by molar-refractivity contribution is 6.05. The number of aliphatic imine (C=N–C) groups is 1. The summed E-state index contributed by atoms with van der Waals surface area (Å²) in [5.74, 6) is -0.111. The molecule has 2 fully saturated rings. The standard InChI is InChI=1S/C19H14N6/c1-12(2)24-17-19(11-23)15(13-6-4-3-5-7-13)18(19,10-22)16(25-17)14(8-20)9-21/h3-7,12,15H,1-2H3,(H,24,25). The molecule has 1 aliphatic carbocycles. The summed E-state index contributed by atoms with van der Waals surface area (Å²) in [4.78, 5) is 4.49. The van der Waals surface area contributed by atoms with Crippen molar-refractivity contribution in [2.24, 2.45) is 15.8 Å². The van der Waals surface area contributed by atoms with Crippen LogP contribution in [0.1, 0.15) is 25.3 Å². The van der Waals surface area contributed by atoms with Crippen LogP contribution in [0.2, 0.25) is 0 Å². The van der Waals surface area contributed by atoms with Gasteiger partial charge in [-0.1, -0.05) is 30.3 Å². The van der Waals surface area contributed by atoms with Gasteiger partial charge in [0.05, 0.1) is 17.8 Å². The third-order valence-electron chi connectivity index (χ3n) is 4.76. The van der Waals surface area contributed by atoms with Gasteiger partial charge >= 0.3 is 0 Å². The molecule has 0 aromatic heterocycles. The Morgan fingerprint density at radius 2 is 1.64 bits per heavy atom. The minimum atomic E-state index is -1.29. The molecule has 120 valence electrons. The Hall–Kier alpha value is -3.61. The summed E-state index contributed by atoms with van der Waals surface area (Å²) in [6.07, 6.45) is 0. The zero-order valence-corrected chi connectivity index (χ0v) is 13.8. The lowest BCUT2D eigenvalue weighted by atomic mass is 9.93. The topological polar surface area (TPSA) is 120 Å². The van der Waals surface area contributed by atoms with Crippen molar-refractivity contribution in [2.45, 2.75) is 25.8 Å². The van der Waals surface area contributed by atoms with Crippen LogP contribution in [0.5, 0.6) is 0 Å². The largest absolute Gasteiger partial charge is 0.343 e. The Bertz CT molecular complexity index is 944. The van der Waals surface area contributed by atoms with Gasteiger partial charge in [0.25, 0.3) is 0 Å². The van der Waals surface area contributed by atoms with Crippen molar-refractivity contribution in [3.63, 3.8) is 0 Å². The number of benzene rings is 1. The molecule has 0 spiro atoms. The summed E-state index contributed by atoms with van der Waals surface area (Å²) >= 11 is 0. The first-order valence-corrected chi connectivity index (χ1v) is 7.81. The zero-order chi connectivity index (χ0) is 18.2. The molecule has 3 unspecified atom stereocenters. The third-order valence-corrected chi connectivity index (χ3v) is 4.76. The molecule has 0 bridgehead atoms. The fraction of sp³-hybridized carbons (Fsp3) is 0.316. The fourth-order valence-electron chi connectivity index (χ4n) is 3.80. The van der Waals surface area contributed by atoms with Gasteiger partial charge in [0, 0.05) is 12.0 Å².